The van der Waals surface area contributed by atoms with Gasteiger partial charge in [-0.2, -0.15) is 5.10 Å². The quantitative estimate of drug-likeness (QED) is 0.844. The molecular weight excluding hydrogens is 256 g/mol. The van der Waals surface area contributed by atoms with E-state index in [1.807, 2.05) is 37.0 Å². The van der Waals surface area contributed by atoms with Crippen molar-refractivity contribution in [2.24, 2.45) is 0 Å². The monoisotopic (exact) mass is 276 g/mol. The first-order chi connectivity index (χ1) is 9.69. The molecule has 0 N–H and O–H groups in total. The van der Waals surface area contributed by atoms with Crippen LogP contribution in [0, 0.1) is 13.8 Å². The summed E-state index contributed by atoms with van der Waals surface area (Å²) in [6.07, 6.45) is 4.10. The fourth-order valence-electron chi connectivity index (χ4n) is 2.53. The highest BCUT2D eigenvalue weighted by atomic mass is 16.5. The average molecular weight is 276 g/mol. The molecule has 3 rings (SSSR count). The van der Waals surface area contributed by atoms with Crippen LogP contribution in [0.5, 0.6) is 0 Å². The van der Waals surface area contributed by atoms with Crippen molar-refractivity contribution in [3.8, 4) is 0 Å². The Labute approximate surface area is 118 Å². The van der Waals surface area contributed by atoms with Crippen LogP contribution in [0.15, 0.2) is 23.0 Å². The Morgan fingerprint density at radius 1 is 1.40 bits per heavy atom. The average Bonchev–Trinajstić information content (AvgIpc) is 2.99. The second kappa shape index (κ2) is 5.76. The maximum atomic E-state index is 5.82. The van der Waals surface area contributed by atoms with E-state index in [4.69, 9.17) is 9.26 Å². The van der Waals surface area contributed by atoms with Crippen LogP contribution in [0.2, 0.25) is 0 Å². The van der Waals surface area contributed by atoms with Gasteiger partial charge in [0.2, 0.25) is 0 Å². The Kier molecular flexibility index (Phi) is 3.84. The van der Waals surface area contributed by atoms with Gasteiger partial charge in [-0.25, -0.2) is 0 Å². The number of aryl methyl sites for hydroxylation is 2. The molecule has 1 fully saturated rings. The zero-order valence-electron chi connectivity index (χ0n) is 12.0. The largest absolute Gasteiger partial charge is 0.374 e. The minimum atomic E-state index is 0.177. The third-order valence-corrected chi connectivity index (χ3v) is 3.44. The van der Waals surface area contributed by atoms with Gasteiger partial charge in [0.1, 0.15) is 5.76 Å². The first-order valence-corrected chi connectivity index (χ1v) is 6.94. The molecule has 6 heteroatoms. The molecule has 0 aliphatic carbocycles. The van der Waals surface area contributed by atoms with E-state index in [1.165, 1.54) is 5.56 Å². The van der Waals surface area contributed by atoms with Gasteiger partial charge >= 0.3 is 0 Å². The lowest BCUT2D eigenvalue weighted by molar-refractivity contribution is -0.0407. The minimum Gasteiger partial charge on any atom is -0.374 e. The van der Waals surface area contributed by atoms with Crippen molar-refractivity contribution < 1.29 is 9.26 Å². The molecule has 1 atom stereocenters. The molecule has 0 bridgehead atoms. The van der Waals surface area contributed by atoms with E-state index in [9.17, 15) is 0 Å². The normalized spacial score (nSPS) is 20.4. The Morgan fingerprint density at radius 2 is 2.30 bits per heavy atom. The lowest BCUT2D eigenvalue weighted by atomic mass is 10.2. The highest BCUT2D eigenvalue weighted by molar-refractivity contribution is 5.03. The van der Waals surface area contributed by atoms with Crippen LogP contribution < -0.4 is 0 Å². The summed E-state index contributed by atoms with van der Waals surface area (Å²) in [6.45, 7) is 8.15. The van der Waals surface area contributed by atoms with Crippen LogP contribution in [0.3, 0.4) is 0 Å². The zero-order chi connectivity index (χ0) is 13.9. The predicted molar refractivity (Wildman–Crippen MR) is 73.2 cm³/mol. The second-order valence-corrected chi connectivity index (χ2v) is 5.40. The molecule has 108 valence electrons. The van der Waals surface area contributed by atoms with E-state index < -0.39 is 0 Å². The molecule has 0 amide bonds. The van der Waals surface area contributed by atoms with Gasteiger partial charge in [0, 0.05) is 31.9 Å². The first-order valence-electron chi connectivity index (χ1n) is 6.94. The number of hydrogen-bond acceptors (Lipinski definition) is 5. The van der Waals surface area contributed by atoms with Gasteiger partial charge in [-0.15, -0.1) is 0 Å². The molecule has 0 saturated carbocycles. The molecule has 2 aromatic heterocycles. The maximum Gasteiger partial charge on any atom is 0.133 e. The van der Waals surface area contributed by atoms with Gasteiger partial charge in [-0.05, 0) is 19.4 Å². The van der Waals surface area contributed by atoms with Crippen molar-refractivity contribution in [3.05, 3.63) is 35.5 Å². The summed E-state index contributed by atoms with van der Waals surface area (Å²) in [4.78, 5) is 2.35. The fourth-order valence-corrected chi connectivity index (χ4v) is 2.53. The third kappa shape index (κ3) is 3.26. The third-order valence-electron chi connectivity index (χ3n) is 3.44. The number of aromatic nitrogens is 3. The van der Waals surface area contributed by atoms with Gasteiger partial charge in [0.05, 0.1) is 31.1 Å². The van der Waals surface area contributed by atoms with E-state index in [0.29, 0.717) is 0 Å². The molecule has 0 aromatic carbocycles. The smallest absolute Gasteiger partial charge is 0.133 e. The maximum absolute atomic E-state index is 5.82. The molecule has 3 heterocycles. The minimum absolute atomic E-state index is 0.177. The van der Waals surface area contributed by atoms with Crippen molar-refractivity contribution in [1.82, 2.24) is 19.8 Å². The predicted octanol–water partition coefficient (Wildman–Crippen LogP) is 1.39. The Morgan fingerprint density at radius 3 is 3.00 bits per heavy atom. The van der Waals surface area contributed by atoms with Crippen molar-refractivity contribution in [1.29, 1.82) is 0 Å². The van der Waals surface area contributed by atoms with E-state index in [0.717, 1.165) is 44.2 Å². The fraction of sp³-hybridized carbons (Fsp3) is 0.571. The molecule has 1 aliphatic heterocycles. The van der Waals surface area contributed by atoms with Crippen molar-refractivity contribution in [2.75, 3.05) is 19.7 Å². The van der Waals surface area contributed by atoms with Gasteiger partial charge in [-0.3, -0.25) is 9.58 Å². The molecule has 0 spiro atoms. The topological polar surface area (TPSA) is 56.3 Å². The summed E-state index contributed by atoms with van der Waals surface area (Å²) in [5.41, 5.74) is 2.16. The Hall–Kier alpha value is -1.66. The number of hydrogen-bond donors (Lipinski definition) is 0. The lowest BCUT2D eigenvalue weighted by Gasteiger charge is -2.32. The highest BCUT2D eigenvalue weighted by Crippen LogP contribution is 2.12. The van der Waals surface area contributed by atoms with Crippen LogP contribution in [0.1, 0.15) is 17.0 Å². The van der Waals surface area contributed by atoms with Gasteiger partial charge < -0.3 is 9.26 Å². The number of morpholine rings is 1. The standard InChI is InChI=1S/C14H20N4O2/c1-11-6-15-18(7-11)10-14-9-17(3-4-19-14)8-13-5-12(2)20-16-13/h5-7,14H,3-4,8-10H2,1-2H3/t14-/m0/s1. The lowest BCUT2D eigenvalue weighted by Crippen LogP contribution is -2.43. The molecule has 20 heavy (non-hydrogen) atoms. The van der Waals surface area contributed by atoms with Crippen molar-refractivity contribution >= 4 is 0 Å². The van der Waals surface area contributed by atoms with Crippen LogP contribution in [0.4, 0.5) is 0 Å². The zero-order valence-corrected chi connectivity index (χ0v) is 12.0. The van der Waals surface area contributed by atoms with Gasteiger partial charge in [0.25, 0.3) is 0 Å². The summed E-state index contributed by atoms with van der Waals surface area (Å²) in [6, 6.07) is 1.99. The summed E-state index contributed by atoms with van der Waals surface area (Å²) in [7, 11) is 0. The molecule has 1 aliphatic rings. The molecule has 0 unspecified atom stereocenters. The van der Waals surface area contributed by atoms with Crippen LogP contribution in [0.25, 0.3) is 0 Å². The molecule has 0 radical (unpaired) electrons. The van der Waals surface area contributed by atoms with Gasteiger partial charge in [-0.1, -0.05) is 5.16 Å². The van der Waals surface area contributed by atoms with Crippen LogP contribution in [-0.2, 0) is 17.8 Å². The second-order valence-electron chi connectivity index (χ2n) is 5.40. The SMILES string of the molecule is Cc1cnn(C[C@@H]2CN(Cc3cc(C)on3)CCO2)c1. The molecular formula is C14H20N4O2. The molecule has 6 nitrogen and oxygen atoms in total. The molecule has 1 saturated heterocycles. The number of nitrogens with zero attached hydrogens (tertiary/aromatic N) is 4. The van der Waals surface area contributed by atoms with E-state index in [-0.39, 0.29) is 6.10 Å². The first kappa shape index (κ1) is 13.3. The Bertz CT molecular complexity index is 515. The highest BCUT2D eigenvalue weighted by Gasteiger charge is 2.22. The van der Waals surface area contributed by atoms with E-state index in [2.05, 4.69) is 15.2 Å². The van der Waals surface area contributed by atoms with E-state index >= 15 is 0 Å². The van der Waals surface area contributed by atoms with Crippen LogP contribution in [-0.4, -0.2) is 45.6 Å². The Balaban J connectivity index is 1.56. The van der Waals surface area contributed by atoms with E-state index in [1.54, 1.807) is 0 Å². The summed E-state index contributed by atoms with van der Waals surface area (Å²) >= 11 is 0. The van der Waals surface area contributed by atoms with Gasteiger partial charge in [0.15, 0.2) is 0 Å². The summed E-state index contributed by atoms with van der Waals surface area (Å²) in [5.74, 6) is 0.858. The van der Waals surface area contributed by atoms with Crippen molar-refractivity contribution in [2.45, 2.75) is 33.0 Å². The number of ether oxygens (including phenoxy) is 1. The van der Waals surface area contributed by atoms with Crippen molar-refractivity contribution in [3.63, 3.8) is 0 Å². The van der Waals surface area contributed by atoms with Crippen LogP contribution >= 0.6 is 0 Å². The summed E-state index contributed by atoms with van der Waals surface area (Å²) in [5, 5.41) is 8.36. The summed E-state index contributed by atoms with van der Waals surface area (Å²) < 4.78 is 12.9. The number of rotatable bonds is 4. The molecule has 2 aromatic rings.